The molecule has 0 aromatic carbocycles. The summed E-state index contributed by atoms with van der Waals surface area (Å²) in [6.45, 7) is 5.61. The van der Waals surface area contributed by atoms with Crippen LogP contribution in [0.25, 0.3) is 0 Å². The molecule has 0 heterocycles. The van der Waals surface area contributed by atoms with Crippen LogP contribution >= 0.6 is 0 Å². The summed E-state index contributed by atoms with van der Waals surface area (Å²) in [5, 5.41) is 18.1. The largest absolute Gasteiger partial charge is 0.481 e. The summed E-state index contributed by atoms with van der Waals surface area (Å²) in [7, 11) is 0. The zero-order valence-electron chi connectivity index (χ0n) is 10.8. The lowest BCUT2D eigenvalue weighted by Crippen LogP contribution is -2.03. The Balaban J connectivity index is 4.13. The van der Waals surface area contributed by atoms with Gasteiger partial charge in [-0.3, -0.25) is 4.79 Å². The number of aliphatic hydroxyl groups is 1. The summed E-state index contributed by atoms with van der Waals surface area (Å²) in [6, 6.07) is 0. The molecule has 0 rings (SSSR count). The standard InChI is InChI=1S/C15H20O3/c1-3-5-6-10-14(16)11-8-7-9-13(4-2)12-15(17)18/h4,13-14,16H,2-3,5-6,10,12H2,1H3,(H,17,18)/t13-,14+/m0/s1. The zero-order valence-corrected chi connectivity index (χ0v) is 10.8. The maximum Gasteiger partial charge on any atom is 0.304 e. The number of carboxylic acids is 1. The van der Waals surface area contributed by atoms with Crippen LogP contribution in [-0.2, 0) is 4.79 Å². The molecule has 0 aliphatic heterocycles. The summed E-state index contributed by atoms with van der Waals surface area (Å²) in [4.78, 5) is 10.5. The van der Waals surface area contributed by atoms with E-state index in [1.807, 2.05) is 0 Å². The number of aliphatic carboxylic acids is 1. The van der Waals surface area contributed by atoms with Gasteiger partial charge in [-0.05, 0) is 24.7 Å². The third-order valence-electron chi connectivity index (χ3n) is 2.32. The first-order chi connectivity index (χ1) is 8.60. The fourth-order valence-electron chi connectivity index (χ4n) is 1.29. The van der Waals surface area contributed by atoms with Crippen LogP contribution in [0.1, 0.15) is 39.0 Å². The summed E-state index contributed by atoms with van der Waals surface area (Å²) < 4.78 is 0. The Morgan fingerprint density at radius 1 is 1.33 bits per heavy atom. The maximum absolute atomic E-state index is 10.5. The van der Waals surface area contributed by atoms with Gasteiger partial charge < -0.3 is 10.2 Å². The summed E-state index contributed by atoms with van der Waals surface area (Å²) >= 11 is 0. The van der Waals surface area contributed by atoms with Crippen LogP contribution in [0.3, 0.4) is 0 Å². The van der Waals surface area contributed by atoms with E-state index in [4.69, 9.17) is 5.11 Å². The van der Waals surface area contributed by atoms with Gasteiger partial charge in [0.2, 0.25) is 0 Å². The van der Waals surface area contributed by atoms with Crippen LogP contribution in [-0.4, -0.2) is 22.3 Å². The van der Waals surface area contributed by atoms with Crippen LogP contribution in [0.15, 0.2) is 12.7 Å². The van der Waals surface area contributed by atoms with E-state index in [0.29, 0.717) is 6.42 Å². The first kappa shape index (κ1) is 16.3. The third-order valence-corrected chi connectivity index (χ3v) is 2.32. The highest BCUT2D eigenvalue weighted by Crippen LogP contribution is 2.03. The zero-order chi connectivity index (χ0) is 13.8. The van der Waals surface area contributed by atoms with Crippen LogP contribution in [0.5, 0.6) is 0 Å². The number of unbranched alkanes of at least 4 members (excludes halogenated alkanes) is 2. The van der Waals surface area contributed by atoms with Gasteiger partial charge in [-0.2, -0.15) is 0 Å². The molecule has 98 valence electrons. The molecule has 0 fully saturated rings. The second kappa shape index (κ2) is 10.4. The fourth-order valence-corrected chi connectivity index (χ4v) is 1.29. The van der Waals surface area contributed by atoms with Crippen molar-refractivity contribution in [2.24, 2.45) is 5.92 Å². The van der Waals surface area contributed by atoms with Crippen molar-refractivity contribution in [3.63, 3.8) is 0 Å². The van der Waals surface area contributed by atoms with E-state index in [1.165, 1.54) is 6.08 Å². The van der Waals surface area contributed by atoms with E-state index in [-0.39, 0.29) is 6.42 Å². The SMILES string of the molecule is C=C[C@@H](C#CC#C[C@H](O)CCCCC)CC(=O)O. The first-order valence-electron chi connectivity index (χ1n) is 6.13. The van der Waals surface area contributed by atoms with Crippen LogP contribution in [0.4, 0.5) is 0 Å². The smallest absolute Gasteiger partial charge is 0.304 e. The molecule has 3 nitrogen and oxygen atoms in total. The van der Waals surface area contributed by atoms with Crippen molar-refractivity contribution >= 4 is 5.97 Å². The van der Waals surface area contributed by atoms with E-state index < -0.39 is 18.0 Å². The van der Waals surface area contributed by atoms with E-state index in [1.54, 1.807) is 0 Å². The first-order valence-corrected chi connectivity index (χ1v) is 6.13. The molecule has 0 aromatic rings. The second-order valence-electron chi connectivity index (χ2n) is 3.99. The lowest BCUT2D eigenvalue weighted by Gasteiger charge is -2.00. The Bertz CT molecular complexity index is 376. The van der Waals surface area contributed by atoms with Gasteiger partial charge in [0.15, 0.2) is 0 Å². The molecule has 18 heavy (non-hydrogen) atoms. The lowest BCUT2D eigenvalue weighted by molar-refractivity contribution is -0.137. The molecule has 0 aliphatic rings. The molecule has 0 aliphatic carbocycles. The van der Waals surface area contributed by atoms with Gasteiger partial charge in [0.05, 0.1) is 6.42 Å². The average Bonchev–Trinajstić information content (AvgIpc) is 2.33. The van der Waals surface area contributed by atoms with Gasteiger partial charge in [0, 0.05) is 5.92 Å². The molecule has 0 bridgehead atoms. The molecule has 0 saturated carbocycles. The number of aliphatic hydroxyl groups excluding tert-OH is 1. The van der Waals surface area contributed by atoms with Gasteiger partial charge >= 0.3 is 5.97 Å². The highest BCUT2D eigenvalue weighted by atomic mass is 16.4. The summed E-state index contributed by atoms with van der Waals surface area (Å²) in [5.74, 6) is 9.11. The molecular weight excluding hydrogens is 228 g/mol. The van der Waals surface area contributed by atoms with Gasteiger partial charge in [0.25, 0.3) is 0 Å². The molecule has 0 unspecified atom stereocenters. The Kier molecular flexibility index (Phi) is 9.45. The van der Waals surface area contributed by atoms with Crippen molar-refractivity contribution < 1.29 is 15.0 Å². The van der Waals surface area contributed by atoms with Crippen molar-refractivity contribution in [3.8, 4) is 23.7 Å². The third kappa shape index (κ3) is 9.51. The minimum atomic E-state index is -0.915. The van der Waals surface area contributed by atoms with Crippen molar-refractivity contribution in [1.82, 2.24) is 0 Å². The van der Waals surface area contributed by atoms with Crippen LogP contribution in [0.2, 0.25) is 0 Å². The van der Waals surface area contributed by atoms with E-state index >= 15 is 0 Å². The minimum absolute atomic E-state index is 0.0722. The Morgan fingerprint density at radius 3 is 2.56 bits per heavy atom. The van der Waals surface area contributed by atoms with Crippen LogP contribution in [0, 0.1) is 29.6 Å². The summed E-state index contributed by atoms with van der Waals surface area (Å²) in [5.41, 5.74) is 0. The number of hydrogen-bond acceptors (Lipinski definition) is 2. The van der Waals surface area contributed by atoms with Gasteiger partial charge in [0.1, 0.15) is 6.10 Å². The highest BCUT2D eigenvalue weighted by Gasteiger charge is 2.04. The summed E-state index contributed by atoms with van der Waals surface area (Å²) in [6.07, 6.45) is 4.57. The van der Waals surface area contributed by atoms with Gasteiger partial charge in [-0.25, -0.2) is 0 Å². The fraction of sp³-hybridized carbons (Fsp3) is 0.533. The molecule has 0 radical (unpaired) electrons. The number of carbonyl (C=O) groups is 1. The molecule has 0 amide bonds. The maximum atomic E-state index is 10.5. The predicted octanol–water partition coefficient (Wildman–Crippen LogP) is 2.21. The molecule has 2 atom stereocenters. The van der Waals surface area contributed by atoms with Gasteiger partial charge in [-0.15, -0.1) is 6.58 Å². The molecular formula is C15H20O3. The van der Waals surface area contributed by atoms with Crippen molar-refractivity contribution in [3.05, 3.63) is 12.7 Å². The molecule has 0 saturated heterocycles. The van der Waals surface area contributed by atoms with Crippen LogP contribution < -0.4 is 0 Å². The van der Waals surface area contributed by atoms with Gasteiger partial charge in [-0.1, -0.05) is 37.7 Å². The van der Waals surface area contributed by atoms with E-state index in [0.717, 1.165) is 19.3 Å². The van der Waals surface area contributed by atoms with Crippen molar-refractivity contribution in [2.75, 3.05) is 0 Å². The van der Waals surface area contributed by atoms with Crippen molar-refractivity contribution in [1.29, 1.82) is 0 Å². The van der Waals surface area contributed by atoms with Crippen molar-refractivity contribution in [2.45, 2.75) is 45.1 Å². The molecule has 2 N–H and O–H groups in total. The lowest BCUT2D eigenvalue weighted by atomic mass is 10.1. The Labute approximate surface area is 109 Å². The second-order valence-corrected chi connectivity index (χ2v) is 3.99. The topological polar surface area (TPSA) is 57.5 Å². The molecule has 0 aromatic heterocycles. The monoisotopic (exact) mass is 248 g/mol. The number of allylic oxidation sites excluding steroid dienone is 1. The Morgan fingerprint density at radius 2 is 2.00 bits per heavy atom. The van der Waals surface area contributed by atoms with E-state index in [9.17, 15) is 9.90 Å². The number of carboxylic acid groups (broad SMARTS) is 1. The number of rotatable bonds is 7. The highest BCUT2D eigenvalue weighted by molar-refractivity contribution is 5.68. The minimum Gasteiger partial charge on any atom is -0.481 e. The number of hydrogen-bond donors (Lipinski definition) is 2. The molecule has 0 spiro atoms. The average molecular weight is 248 g/mol. The predicted molar refractivity (Wildman–Crippen MR) is 71.6 cm³/mol. The quantitative estimate of drug-likeness (QED) is 0.412. The van der Waals surface area contributed by atoms with E-state index in [2.05, 4.69) is 37.2 Å². The normalized spacial score (nSPS) is 12.3. The Hall–Kier alpha value is -1.71. The molecule has 3 heteroatoms.